The first-order chi connectivity index (χ1) is 31.8. The van der Waals surface area contributed by atoms with E-state index in [-0.39, 0.29) is 77.2 Å². The van der Waals surface area contributed by atoms with Gasteiger partial charge in [-0.1, -0.05) is 24.3 Å². The second-order valence-corrected chi connectivity index (χ2v) is 15.5. The monoisotopic (exact) mass is 950 g/mol. The van der Waals surface area contributed by atoms with Gasteiger partial charge in [-0.3, -0.25) is 0 Å². The van der Waals surface area contributed by atoms with Crippen LogP contribution in [-0.2, 0) is 30.9 Å². The number of fused-ring (bicyclic) bond motifs is 6. The second-order valence-electron chi connectivity index (χ2n) is 15.5. The molecule has 0 aliphatic carbocycles. The van der Waals surface area contributed by atoms with E-state index in [1.807, 2.05) is 6.07 Å². The van der Waals surface area contributed by atoms with Gasteiger partial charge in [-0.05, 0) is 114 Å². The molecule has 0 amide bonds. The molecule has 0 spiro atoms. The van der Waals surface area contributed by atoms with E-state index in [2.05, 4.69) is 0 Å². The predicted molar refractivity (Wildman–Crippen MR) is 220 cm³/mol. The zero-order chi connectivity index (χ0) is 49.0. The molecule has 0 bridgehead atoms. The van der Waals surface area contributed by atoms with Crippen molar-refractivity contribution >= 4 is 43.6 Å². The van der Waals surface area contributed by atoms with Crippen molar-refractivity contribution in [2.45, 2.75) is 30.9 Å². The van der Waals surface area contributed by atoms with Crippen LogP contribution >= 0.6 is 0 Å². The predicted octanol–water partition coefficient (Wildman–Crippen LogP) is 16.1. The first-order valence-electron chi connectivity index (χ1n) is 19.6. The Morgan fingerprint density at radius 2 is 0.735 bits per heavy atom. The van der Waals surface area contributed by atoms with Gasteiger partial charge in [0, 0.05) is 32.7 Å². The number of hydrogen-bond acceptors (Lipinski definition) is 2. The first-order valence-corrected chi connectivity index (χ1v) is 19.6. The van der Waals surface area contributed by atoms with Gasteiger partial charge in [0.15, 0.2) is 0 Å². The molecule has 0 radical (unpaired) electrons. The third-order valence-corrected chi connectivity index (χ3v) is 11.5. The smallest absolute Gasteiger partial charge is 0.309 e. The molecule has 0 fully saturated rings. The van der Waals surface area contributed by atoms with Crippen LogP contribution in [0.2, 0.25) is 0 Å². The van der Waals surface area contributed by atoms with Crippen LogP contribution in [0.5, 0.6) is 0 Å². The van der Waals surface area contributed by atoms with Crippen molar-refractivity contribution in [2.75, 3.05) is 0 Å². The van der Waals surface area contributed by atoms with Gasteiger partial charge < -0.3 is 9.13 Å². The maximum atomic E-state index is 15.2. The Morgan fingerprint density at radius 3 is 1.09 bits per heavy atom. The fourth-order valence-electron chi connectivity index (χ4n) is 8.65. The number of benzene rings is 7. The van der Waals surface area contributed by atoms with Gasteiger partial charge >= 0.3 is 30.9 Å². The highest BCUT2D eigenvalue weighted by molar-refractivity contribution is 6.13. The van der Waals surface area contributed by atoms with Crippen LogP contribution in [0, 0.1) is 22.7 Å². The lowest BCUT2D eigenvalue weighted by molar-refractivity contribution is -0.138. The average Bonchev–Trinajstić information content (AvgIpc) is 3.78. The summed E-state index contributed by atoms with van der Waals surface area (Å²) in [6.45, 7) is 0. The standard InChI is InChI=1S/C49H21F15N4/c50-45(51,52)26-8-13-37-32(18-26)33-19-27(46(53,54)55)9-14-38(33)67(37)41-5-1-3-25(23-66)43(41)44-31(30-12-7-24(22-65)17-36(30)49(62,63)64)4-2-6-42(44)68-39-15-10-28(47(56,57)58)20-34(39)35-21-29(48(59,60)61)11-16-40(35)68/h1-21H. The van der Waals surface area contributed by atoms with E-state index in [9.17, 15) is 63.2 Å². The van der Waals surface area contributed by atoms with E-state index in [1.54, 1.807) is 6.07 Å². The Labute approximate surface area is 371 Å². The summed E-state index contributed by atoms with van der Waals surface area (Å²) in [6.07, 6.45) is -25.2. The molecule has 0 aliphatic heterocycles. The molecular formula is C49H21F15N4. The average molecular weight is 951 g/mol. The minimum Gasteiger partial charge on any atom is -0.309 e. The van der Waals surface area contributed by atoms with Gasteiger partial charge in [0.2, 0.25) is 0 Å². The molecule has 0 aliphatic rings. The topological polar surface area (TPSA) is 57.4 Å². The summed E-state index contributed by atoms with van der Waals surface area (Å²) in [5.74, 6) is 0. The lowest BCUT2D eigenvalue weighted by Crippen LogP contribution is -2.10. The van der Waals surface area contributed by atoms with Crippen molar-refractivity contribution in [3.63, 3.8) is 0 Å². The summed E-state index contributed by atoms with van der Waals surface area (Å²) in [6, 6.07) is 22.2. The number of alkyl halides is 15. The van der Waals surface area contributed by atoms with E-state index < -0.39 is 69.8 Å². The molecule has 0 unspecified atom stereocenters. The van der Waals surface area contributed by atoms with E-state index in [1.165, 1.54) is 45.5 Å². The normalized spacial score (nSPS) is 12.9. The summed E-state index contributed by atoms with van der Waals surface area (Å²) >= 11 is 0. The Morgan fingerprint density at radius 1 is 0.353 bits per heavy atom. The molecule has 2 aromatic heterocycles. The molecule has 9 aromatic rings. The van der Waals surface area contributed by atoms with Crippen LogP contribution in [0.25, 0.3) is 77.2 Å². The van der Waals surface area contributed by atoms with E-state index in [0.717, 1.165) is 36.4 Å². The zero-order valence-corrected chi connectivity index (χ0v) is 33.6. The number of hydrogen-bond donors (Lipinski definition) is 0. The summed E-state index contributed by atoms with van der Waals surface area (Å²) < 4.78 is 218. The van der Waals surface area contributed by atoms with Crippen molar-refractivity contribution in [3.05, 3.63) is 166 Å². The highest BCUT2D eigenvalue weighted by Crippen LogP contribution is 2.50. The molecule has 9 rings (SSSR count). The SMILES string of the molecule is N#Cc1ccc(-c2cccc(-n3c4ccc(C(F)(F)F)cc4c4cc(C(F)(F)F)ccc43)c2-c2c(C#N)cccc2-n2c3ccc(C(F)(F)F)cc3c3cc(C(F)(F)F)ccc32)c(C(F)(F)F)c1. The molecule has 2 heterocycles. The molecule has 0 saturated carbocycles. The highest BCUT2D eigenvalue weighted by atomic mass is 19.4. The third-order valence-electron chi connectivity index (χ3n) is 11.5. The van der Waals surface area contributed by atoms with E-state index in [0.29, 0.717) is 54.6 Å². The molecular weight excluding hydrogens is 930 g/mol. The molecule has 0 N–H and O–H groups in total. The minimum absolute atomic E-state index is 0.173. The molecule has 7 aromatic carbocycles. The number of aromatic nitrogens is 2. The highest BCUT2D eigenvalue weighted by Gasteiger charge is 2.38. The van der Waals surface area contributed by atoms with E-state index in [4.69, 9.17) is 0 Å². The van der Waals surface area contributed by atoms with Crippen molar-refractivity contribution in [1.29, 1.82) is 10.5 Å². The van der Waals surface area contributed by atoms with Crippen molar-refractivity contribution in [1.82, 2.24) is 9.13 Å². The molecule has 68 heavy (non-hydrogen) atoms. The lowest BCUT2D eigenvalue weighted by atomic mass is 9.86. The zero-order valence-electron chi connectivity index (χ0n) is 33.6. The molecule has 342 valence electrons. The van der Waals surface area contributed by atoms with Crippen molar-refractivity contribution in [3.8, 4) is 45.8 Å². The van der Waals surface area contributed by atoms with Gasteiger partial charge in [0.25, 0.3) is 0 Å². The van der Waals surface area contributed by atoms with Gasteiger partial charge in [-0.15, -0.1) is 0 Å². The minimum atomic E-state index is -5.21. The fourth-order valence-corrected chi connectivity index (χ4v) is 8.65. The quantitative estimate of drug-likeness (QED) is 0.165. The van der Waals surface area contributed by atoms with Crippen molar-refractivity contribution in [2.24, 2.45) is 0 Å². The van der Waals surface area contributed by atoms with Gasteiger partial charge in [-0.25, -0.2) is 0 Å². The number of rotatable bonds is 4. The Balaban J connectivity index is 1.50. The van der Waals surface area contributed by atoms with Crippen LogP contribution in [0.1, 0.15) is 38.9 Å². The summed E-state index contributed by atoms with van der Waals surface area (Å²) in [5, 5.41) is 18.9. The van der Waals surface area contributed by atoms with Gasteiger partial charge in [0.1, 0.15) is 0 Å². The number of nitriles is 2. The largest absolute Gasteiger partial charge is 0.417 e. The van der Waals surface area contributed by atoms with Crippen LogP contribution in [-0.4, -0.2) is 9.13 Å². The molecule has 4 nitrogen and oxygen atoms in total. The van der Waals surface area contributed by atoms with Gasteiger partial charge in [-0.2, -0.15) is 76.4 Å². The molecule has 19 heteroatoms. The Hall–Kier alpha value is -7.93. The van der Waals surface area contributed by atoms with Crippen molar-refractivity contribution < 1.29 is 65.9 Å². The number of nitrogens with zero attached hydrogens (tertiary/aromatic N) is 4. The Bertz CT molecular complexity index is 3500. The second kappa shape index (κ2) is 15.3. The maximum absolute atomic E-state index is 15.2. The first kappa shape index (κ1) is 45.2. The lowest BCUT2D eigenvalue weighted by Gasteiger charge is -2.24. The van der Waals surface area contributed by atoms with Gasteiger partial charge in [0.05, 0.1) is 84.5 Å². The Kier molecular flexibility index (Phi) is 10.2. The van der Waals surface area contributed by atoms with Crippen LogP contribution in [0.15, 0.2) is 127 Å². The van der Waals surface area contributed by atoms with Crippen LogP contribution in [0.3, 0.4) is 0 Å². The van der Waals surface area contributed by atoms with E-state index >= 15 is 13.2 Å². The summed E-state index contributed by atoms with van der Waals surface area (Å²) in [4.78, 5) is 0. The summed E-state index contributed by atoms with van der Waals surface area (Å²) in [7, 11) is 0. The third kappa shape index (κ3) is 7.47. The van der Waals surface area contributed by atoms with Crippen LogP contribution < -0.4 is 0 Å². The maximum Gasteiger partial charge on any atom is 0.417 e. The molecule has 0 saturated heterocycles. The van der Waals surface area contributed by atoms with Crippen LogP contribution in [0.4, 0.5) is 65.9 Å². The molecule has 0 atom stereocenters. The fraction of sp³-hybridized carbons (Fsp3) is 0.102. The summed E-state index contributed by atoms with van der Waals surface area (Å²) in [5.41, 5.74) is -10.1. The number of halogens is 15.